The van der Waals surface area contributed by atoms with E-state index in [0.29, 0.717) is 17.4 Å². The molecule has 0 amide bonds. The van der Waals surface area contributed by atoms with E-state index in [1.54, 1.807) is 0 Å². The first-order chi connectivity index (χ1) is 13.3. The summed E-state index contributed by atoms with van der Waals surface area (Å²) in [4.78, 5) is 4.98. The molecule has 0 radical (unpaired) electrons. The predicted molar refractivity (Wildman–Crippen MR) is 113 cm³/mol. The lowest BCUT2D eigenvalue weighted by molar-refractivity contribution is 0.0300. The first-order valence-electron chi connectivity index (χ1n) is 10.6. The molecule has 0 saturated heterocycles. The van der Waals surface area contributed by atoms with Crippen molar-refractivity contribution in [3.05, 3.63) is 83.9 Å². The van der Waals surface area contributed by atoms with Crippen LogP contribution in [0.3, 0.4) is 0 Å². The highest BCUT2D eigenvalue weighted by atomic mass is 14.9. The van der Waals surface area contributed by atoms with Crippen molar-refractivity contribution in [2.45, 2.75) is 44.6 Å². The average molecular weight is 356 g/mol. The van der Waals surface area contributed by atoms with Crippen LogP contribution in [-0.4, -0.2) is 12.3 Å². The molecule has 2 aromatic carbocycles. The van der Waals surface area contributed by atoms with Crippen molar-refractivity contribution in [3.63, 3.8) is 0 Å². The molecule has 0 spiro atoms. The van der Waals surface area contributed by atoms with E-state index in [2.05, 4.69) is 79.0 Å². The normalized spacial score (nSPS) is 29.8. The van der Waals surface area contributed by atoms with Gasteiger partial charge in [-0.1, -0.05) is 72.8 Å². The van der Waals surface area contributed by atoms with Crippen molar-refractivity contribution >= 4 is 6.21 Å². The molecule has 1 fully saturated rings. The fourth-order valence-corrected chi connectivity index (χ4v) is 5.97. The topological polar surface area (TPSA) is 12.4 Å². The van der Waals surface area contributed by atoms with Crippen LogP contribution in [0.1, 0.15) is 36.8 Å². The predicted octanol–water partition coefficient (Wildman–Crippen LogP) is 5.90. The first-order valence-corrected chi connectivity index (χ1v) is 10.6. The number of aliphatic imine (C=N–C) groups is 1. The van der Waals surface area contributed by atoms with E-state index in [1.165, 1.54) is 49.7 Å². The molecule has 4 aliphatic rings. The van der Waals surface area contributed by atoms with Crippen LogP contribution in [-0.2, 0) is 12.8 Å². The fourth-order valence-electron chi connectivity index (χ4n) is 5.97. The summed E-state index contributed by atoms with van der Waals surface area (Å²) in [6.07, 6.45) is 14.8. The van der Waals surface area contributed by atoms with Gasteiger partial charge in [0, 0.05) is 12.1 Å². The summed E-state index contributed by atoms with van der Waals surface area (Å²) in [5.74, 6) is 2.13. The molecule has 1 heteroatoms. The minimum Gasteiger partial charge on any atom is -0.294 e. The van der Waals surface area contributed by atoms with Gasteiger partial charge in [-0.05, 0) is 66.9 Å². The number of aryl methyl sites for hydroxylation is 2. The van der Waals surface area contributed by atoms with Gasteiger partial charge in [0.25, 0.3) is 0 Å². The minimum absolute atomic E-state index is 0.397. The van der Waals surface area contributed by atoms with Gasteiger partial charge < -0.3 is 0 Å². The molecule has 1 saturated carbocycles. The maximum atomic E-state index is 4.98. The molecule has 1 nitrogen and oxygen atoms in total. The monoisotopic (exact) mass is 355 g/mol. The zero-order valence-electron chi connectivity index (χ0n) is 16.0. The second-order valence-electron chi connectivity index (χ2n) is 8.83. The van der Waals surface area contributed by atoms with Gasteiger partial charge in [0.2, 0.25) is 0 Å². The molecule has 0 aromatic heterocycles. The van der Waals surface area contributed by atoms with Crippen molar-refractivity contribution in [2.75, 3.05) is 0 Å². The fraction of sp³-hybridized carbons (Fsp3) is 0.423. The smallest absolute Gasteiger partial charge is 0.0538 e. The highest BCUT2D eigenvalue weighted by molar-refractivity contribution is 5.66. The van der Waals surface area contributed by atoms with E-state index in [1.807, 2.05) is 0 Å². The van der Waals surface area contributed by atoms with Gasteiger partial charge in [0.05, 0.1) is 6.04 Å². The third kappa shape index (κ3) is 3.18. The van der Waals surface area contributed by atoms with Gasteiger partial charge in [-0.25, -0.2) is 0 Å². The van der Waals surface area contributed by atoms with Crippen molar-refractivity contribution in [1.29, 1.82) is 0 Å². The van der Waals surface area contributed by atoms with E-state index in [-0.39, 0.29) is 0 Å². The molecule has 6 rings (SSSR count). The standard InChI is InChI=1S/C26H29N/c1-3-8-20(9-4-1)14-16-26(17-15-21-10-5-2-6-11-21)18-25-23-13-7-12-22(23)24(26)19-27-25/h1-12,19,22-25H,13-18H2. The van der Waals surface area contributed by atoms with E-state index in [0.717, 1.165) is 11.8 Å². The molecule has 2 bridgehead atoms. The molecular weight excluding hydrogens is 326 g/mol. The van der Waals surface area contributed by atoms with Crippen LogP contribution in [0.5, 0.6) is 0 Å². The van der Waals surface area contributed by atoms with Crippen LogP contribution in [0.2, 0.25) is 0 Å². The lowest BCUT2D eigenvalue weighted by atomic mass is 9.53. The summed E-state index contributed by atoms with van der Waals surface area (Å²) in [7, 11) is 0. The SMILES string of the molecule is C1=CC2C(C1)C1CC(CCc3ccccc3)(CCc3ccccc3)C2C=N1. The van der Waals surface area contributed by atoms with Crippen molar-refractivity contribution in [2.24, 2.45) is 28.2 Å². The Morgan fingerprint density at radius 1 is 0.852 bits per heavy atom. The summed E-state index contributed by atoms with van der Waals surface area (Å²) < 4.78 is 0. The van der Waals surface area contributed by atoms with E-state index in [4.69, 9.17) is 4.99 Å². The highest BCUT2D eigenvalue weighted by Crippen LogP contribution is 2.57. The van der Waals surface area contributed by atoms with Crippen molar-refractivity contribution < 1.29 is 0 Å². The Hall–Kier alpha value is -2.15. The second-order valence-corrected chi connectivity index (χ2v) is 8.83. The van der Waals surface area contributed by atoms with Crippen LogP contribution in [0.15, 0.2) is 77.8 Å². The molecule has 27 heavy (non-hydrogen) atoms. The number of hydrogen-bond acceptors (Lipinski definition) is 1. The Balaban J connectivity index is 1.41. The van der Waals surface area contributed by atoms with Gasteiger partial charge in [0.1, 0.15) is 0 Å². The zero-order valence-corrected chi connectivity index (χ0v) is 16.0. The number of fused-ring (bicyclic) bond motifs is 1. The van der Waals surface area contributed by atoms with Crippen LogP contribution >= 0.6 is 0 Å². The molecule has 0 N–H and O–H groups in total. The zero-order chi connectivity index (χ0) is 18.1. The summed E-state index contributed by atoms with van der Waals surface area (Å²) in [5, 5.41) is 0. The maximum Gasteiger partial charge on any atom is 0.0538 e. The Labute approximate surface area is 163 Å². The van der Waals surface area contributed by atoms with Crippen LogP contribution in [0.4, 0.5) is 0 Å². The molecule has 4 unspecified atom stereocenters. The highest BCUT2D eigenvalue weighted by Gasteiger charge is 2.54. The minimum atomic E-state index is 0.397. The van der Waals surface area contributed by atoms with Crippen molar-refractivity contribution in [3.8, 4) is 0 Å². The molecule has 4 atom stereocenters. The van der Waals surface area contributed by atoms with Gasteiger partial charge in [-0.3, -0.25) is 4.99 Å². The molecule has 2 aliphatic heterocycles. The Bertz CT molecular complexity index is 776. The van der Waals surface area contributed by atoms with Gasteiger partial charge >= 0.3 is 0 Å². The van der Waals surface area contributed by atoms with Gasteiger partial charge in [-0.15, -0.1) is 0 Å². The van der Waals surface area contributed by atoms with Crippen molar-refractivity contribution in [1.82, 2.24) is 0 Å². The summed E-state index contributed by atoms with van der Waals surface area (Å²) in [5.41, 5.74) is 3.36. The first kappa shape index (κ1) is 17.0. The van der Waals surface area contributed by atoms with E-state index < -0.39 is 0 Å². The largest absolute Gasteiger partial charge is 0.294 e. The number of allylic oxidation sites excluding steroid dienone is 2. The second kappa shape index (κ2) is 7.11. The molecule has 138 valence electrons. The number of hydrogen-bond donors (Lipinski definition) is 0. The van der Waals surface area contributed by atoms with Crippen LogP contribution < -0.4 is 0 Å². The Kier molecular flexibility index (Phi) is 4.47. The quantitative estimate of drug-likeness (QED) is 0.572. The van der Waals surface area contributed by atoms with Gasteiger partial charge in [-0.2, -0.15) is 0 Å². The molecule has 2 heterocycles. The van der Waals surface area contributed by atoms with E-state index >= 15 is 0 Å². The average Bonchev–Trinajstić information content (AvgIpc) is 3.25. The van der Waals surface area contributed by atoms with Gasteiger partial charge in [0.15, 0.2) is 0 Å². The third-order valence-corrected chi connectivity index (χ3v) is 7.44. The lowest BCUT2D eigenvalue weighted by Crippen LogP contribution is -2.52. The summed E-state index contributed by atoms with van der Waals surface area (Å²) in [6.45, 7) is 0. The Morgan fingerprint density at radius 2 is 1.48 bits per heavy atom. The third-order valence-electron chi connectivity index (χ3n) is 7.44. The summed E-state index contributed by atoms with van der Waals surface area (Å²) in [6, 6.07) is 22.7. The van der Waals surface area contributed by atoms with Crippen LogP contribution in [0, 0.1) is 23.2 Å². The molecule has 2 aromatic rings. The number of nitrogens with zero attached hydrogens (tertiary/aromatic N) is 1. The number of rotatable bonds is 6. The number of benzene rings is 2. The lowest BCUT2D eigenvalue weighted by Gasteiger charge is -2.54. The summed E-state index contributed by atoms with van der Waals surface area (Å²) >= 11 is 0. The maximum absolute atomic E-state index is 4.98. The molecular formula is C26H29N. The van der Waals surface area contributed by atoms with Crippen LogP contribution in [0.25, 0.3) is 0 Å². The van der Waals surface area contributed by atoms with E-state index in [9.17, 15) is 0 Å². The Morgan fingerprint density at radius 3 is 2.11 bits per heavy atom. The molecule has 2 aliphatic carbocycles.